The molecule has 1 heterocycles. The van der Waals surface area contributed by atoms with Crippen LogP contribution < -0.4 is 10.2 Å². The van der Waals surface area contributed by atoms with E-state index in [1.165, 1.54) is 0 Å². The highest BCUT2D eigenvalue weighted by molar-refractivity contribution is 6.32. The highest BCUT2D eigenvalue weighted by Gasteiger charge is 2.26. The summed E-state index contributed by atoms with van der Waals surface area (Å²) < 4.78 is 0. The zero-order chi connectivity index (χ0) is 19.4. The highest BCUT2D eigenvalue weighted by atomic mass is 35.5. The van der Waals surface area contributed by atoms with Gasteiger partial charge < -0.3 is 10.2 Å². The van der Waals surface area contributed by atoms with Gasteiger partial charge in [0.25, 0.3) is 5.91 Å². The molecule has 1 saturated carbocycles. The lowest BCUT2D eigenvalue weighted by atomic mass is 9.90. The molecule has 0 unspecified atom stereocenters. The first kappa shape index (κ1) is 19.4. The number of hydrogen-bond acceptors (Lipinski definition) is 5. The average Bonchev–Trinajstić information content (AvgIpc) is 2.68. The van der Waals surface area contributed by atoms with Crippen molar-refractivity contribution in [1.29, 1.82) is 5.26 Å². The van der Waals surface area contributed by atoms with E-state index in [4.69, 9.17) is 28.5 Å². The summed E-state index contributed by atoms with van der Waals surface area (Å²) >= 11 is 11.8. The number of aromatic nitrogens is 2. The normalized spacial score (nSPS) is 19.2. The van der Waals surface area contributed by atoms with E-state index in [0.717, 1.165) is 31.4 Å². The van der Waals surface area contributed by atoms with Crippen molar-refractivity contribution in [2.24, 2.45) is 0 Å². The number of nitrogens with one attached hydrogen (secondary N) is 1. The molecule has 0 bridgehead atoms. The van der Waals surface area contributed by atoms with Crippen LogP contribution in [0.1, 0.15) is 41.7 Å². The van der Waals surface area contributed by atoms with Crippen LogP contribution in [-0.4, -0.2) is 35.2 Å². The number of hydrogen-bond donors (Lipinski definition) is 1. The molecule has 1 N–H and O–H groups in total. The standard InChI is InChI=1S/C19H19Cl2N5O/c1-26(15-5-2-12(11-22)16(20)10-15)14-6-3-13(4-7-14)23-19(27)17-8-9-18(21)25-24-17/h2,5,8-10,13-14H,3-4,6-7H2,1H3,(H,23,27). The quantitative estimate of drug-likeness (QED) is 0.838. The minimum atomic E-state index is -0.227. The predicted molar refractivity (Wildman–Crippen MR) is 105 cm³/mol. The number of nitrogens with zero attached hydrogens (tertiary/aromatic N) is 4. The Bertz CT molecular complexity index is 857. The first-order valence-electron chi connectivity index (χ1n) is 8.70. The maximum absolute atomic E-state index is 12.3. The van der Waals surface area contributed by atoms with Gasteiger partial charge in [0.1, 0.15) is 6.07 Å². The van der Waals surface area contributed by atoms with Gasteiger partial charge in [0, 0.05) is 24.8 Å². The number of anilines is 1. The van der Waals surface area contributed by atoms with Crippen molar-refractivity contribution in [1.82, 2.24) is 15.5 Å². The lowest BCUT2D eigenvalue weighted by molar-refractivity contribution is 0.0919. The minimum Gasteiger partial charge on any atom is -0.372 e. The van der Waals surface area contributed by atoms with Crippen LogP contribution in [0.2, 0.25) is 10.2 Å². The van der Waals surface area contributed by atoms with Gasteiger partial charge in [-0.1, -0.05) is 23.2 Å². The molecule has 1 amide bonds. The first-order chi connectivity index (χ1) is 13.0. The largest absolute Gasteiger partial charge is 0.372 e. The maximum Gasteiger partial charge on any atom is 0.272 e. The molecular formula is C19H19Cl2N5O. The summed E-state index contributed by atoms with van der Waals surface area (Å²) in [6.07, 6.45) is 3.66. The van der Waals surface area contributed by atoms with E-state index in [2.05, 4.69) is 26.5 Å². The fraction of sp³-hybridized carbons (Fsp3) is 0.368. The number of rotatable bonds is 4. The van der Waals surface area contributed by atoms with Gasteiger partial charge in [0.05, 0.1) is 10.6 Å². The van der Waals surface area contributed by atoms with Crippen molar-refractivity contribution in [2.45, 2.75) is 37.8 Å². The van der Waals surface area contributed by atoms with Crippen LogP contribution in [0.15, 0.2) is 30.3 Å². The van der Waals surface area contributed by atoms with Crippen LogP contribution in [0.5, 0.6) is 0 Å². The Kier molecular flexibility index (Phi) is 6.15. The lowest BCUT2D eigenvalue weighted by Crippen LogP contribution is -2.43. The summed E-state index contributed by atoms with van der Waals surface area (Å²) in [7, 11) is 2.03. The molecule has 0 radical (unpaired) electrons. The minimum absolute atomic E-state index is 0.115. The van der Waals surface area contributed by atoms with E-state index >= 15 is 0 Å². The van der Waals surface area contributed by atoms with Gasteiger partial charge in [-0.25, -0.2) is 0 Å². The number of carbonyl (C=O) groups excluding carboxylic acids is 1. The van der Waals surface area contributed by atoms with Crippen LogP contribution in [-0.2, 0) is 0 Å². The molecule has 6 nitrogen and oxygen atoms in total. The van der Waals surface area contributed by atoms with Crippen molar-refractivity contribution >= 4 is 34.8 Å². The van der Waals surface area contributed by atoms with Crippen molar-refractivity contribution in [3.8, 4) is 6.07 Å². The Morgan fingerprint density at radius 3 is 2.52 bits per heavy atom. The van der Waals surface area contributed by atoms with E-state index in [9.17, 15) is 4.79 Å². The van der Waals surface area contributed by atoms with Gasteiger partial charge in [-0.15, -0.1) is 10.2 Å². The lowest BCUT2D eigenvalue weighted by Gasteiger charge is -2.36. The molecule has 0 aliphatic heterocycles. The molecule has 140 valence electrons. The number of halogens is 2. The molecule has 1 aromatic heterocycles. The van der Waals surface area contributed by atoms with Gasteiger partial charge >= 0.3 is 0 Å². The molecule has 0 saturated heterocycles. The van der Waals surface area contributed by atoms with Crippen LogP contribution >= 0.6 is 23.2 Å². The molecule has 1 aromatic carbocycles. The molecular weight excluding hydrogens is 385 g/mol. The monoisotopic (exact) mass is 403 g/mol. The van der Waals surface area contributed by atoms with Gasteiger partial charge in [-0.05, 0) is 56.0 Å². The highest BCUT2D eigenvalue weighted by Crippen LogP contribution is 2.29. The van der Waals surface area contributed by atoms with Crippen LogP contribution in [0.25, 0.3) is 0 Å². The van der Waals surface area contributed by atoms with Gasteiger partial charge in [-0.3, -0.25) is 4.79 Å². The summed E-state index contributed by atoms with van der Waals surface area (Å²) in [5.41, 5.74) is 1.74. The van der Waals surface area contributed by atoms with E-state index in [1.54, 1.807) is 18.2 Å². The zero-order valence-electron chi connectivity index (χ0n) is 14.8. The summed E-state index contributed by atoms with van der Waals surface area (Å²) in [4.78, 5) is 14.4. The van der Waals surface area contributed by atoms with Gasteiger partial charge in [0.15, 0.2) is 10.8 Å². The Hall–Kier alpha value is -2.36. The number of amides is 1. The van der Waals surface area contributed by atoms with Crippen molar-refractivity contribution in [3.05, 3.63) is 51.8 Å². The topological polar surface area (TPSA) is 81.9 Å². The van der Waals surface area contributed by atoms with E-state index in [0.29, 0.717) is 16.6 Å². The van der Waals surface area contributed by atoms with Crippen LogP contribution in [0.3, 0.4) is 0 Å². The molecule has 27 heavy (non-hydrogen) atoms. The summed E-state index contributed by atoms with van der Waals surface area (Å²) in [5, 5.41) is 20.3. The Morgan fingerprint density at radius 2 is 1.93 bits per heavy atom. The molecule has 3 rings (SSSR count). The second-order valence-electron chi connectivity index (χ2n) is 6.61. The molecule has 1 aliphatic rings. The predicted octanol–water partition coefficient (Wildman–Crippen LogP) is 3.83. The van der Waals surface area contributed by atoms with E-state index < -0.39 is 0 Å². The van der Waals surface area contributed by atoms with Gasteiger partial charge in [-0.2, -0.15) is 5.26 Å². The Morgan fingerprint density at radius 1 is 1.19 bits per heavy atom. The van der Waals surface area contributed by atoms with Crippen LogP contribution in [0.4, 0.5) is 5.69 Å². The average molecular weight is 404 g/mol. The SMILES string of the molecule is CN(c1ccc(C#N)c(Cl)c1)C1CCC(NC(=O)c2ccc(Cl)nn2)CC1. The van der Waals surface area contributed by atoms with Crippen molar-refractivity contribution < 1.29 is 4.79 Å². The van der Waals surface area contributed by atoms with Crippen LogP contribution in [0, 0.1) is 11.3 Å². The summed E-state index contributed by atoms with van der Waals surface area (Å²) in [6, 6.07) is 11.2. The summed E-state index contributed by atoms with van der Waals surface area (Å²) in [5.74, 6) is -0.227. The number of benzene rings is 1. The smallest absolute Gasteiger partial charge is 0.272 e. The zero-order valence-corrected chi connectivity index (χ0v) is 16.3. The molecule has 0 atom stereocenters. The molecule has 0 spiro atoms. The summed E-state index contributed by atoms with van der Waals surface area (Å²) in [6.45, 7) is 0. The Balaban J connectivity index is 1.55. The van der Waals surface area contributed by atoms with Crippen molar-refractivity contribution in [3.63, 3.8) is 0 Å². The Labute approximate surface area is 168 Å². The fourth-order valence-corrected chi connectivity index (χ4v) is 3.65. The number of carbonyl (C=O) groups is 1. The third-order valence-electron chi connectivity index (χ3n) is 4.92. The second-order valence-corrected chi connectivity index (χ2v) is 7.40. The second kappa shape index (κ2) is 8.55. The fourth-order valence-electron chi connectivity index (χ4n) is 3.33. The molecule has 8 heteroatoms. The van der Waals surface area contributed by atoms with Gasteiger partial charge in [0.2, 0.25) is 0 Å². The first-order valence-corrected chi connectivity index (χ1v) is 9.46. The molecule has 1 fully saturated rings. The number of nitriles is 1. The maximum atomic E-state index is 12.3. The van der Waals surface area contributed by atoms with Crippen molar-refractivity contribution in [2.75, 3.05) is 11.9 Å². The van der Waals surface area contributed by atoms with E-state index in [1.807, 2.05) is 19.2 Å². The van der Waals surface area contributed by atoms with E-state index in [-0.39, 0.29) is 22.8 Å². The third-order valence-corrected chi connectivity index (χ3v) is 5.44. The third kappa shape index (κ3) is 4.68. The molecule has 1 aliphatic carbocycles. The molecule has 2 aromatic rings.